The van der Waals surface area contributed by atoms with Gasteiger partial charge in [-0.3, -0.25) is 4.79 Å². The maximum Gasteiger partial charge on any atom is 0.315 e. The van der Waals surface area contributed by atoms with Gasteiger partial charge in [-0.1, -0.05) is 26.7 Å². The molecule has 2 fully saturated rings. The number of rotatable bonds is 3. The third-order valence-electron chi connectivity index (χ3n) is 4.33. The molecule has 1 aliphatic heterocycles. The minimum absolute atomic E-state index is 0.0365. The van der Waals surface area contributed by atoms with Crippen molar-refractivity contribution in [1.82, 2.24) is 15.5 Å². The molecule has 0 atom stereocenters. The minimum Gasteiger partial charge on any atom is -0.342 e. The van der Waals surface area contributed by atoms with Crippen molar-refractivity contribution in [1.29, 1.82) is 0 Å². The van der Waals surface area contributed by atoms with Crippen LogP contribution in [0.25, 0.3) is 0 Å². The highest BCUT2D eigenvalue weighted by atomic mass is 16.2. The number of nitrogens with zero attached hydrogens (tertiary/aromatic N) is 1. The number of piperidine rings is 1. The van der Waals surface area contributed by atoms with Crippen LogP contribution >= 0.6 is 0 Å². The van der Waals surface area contributed by atoms with Gasteiger partial charge in [0.15, 0.2) is 0 Å². The summed E-state index contributed by atoms with van der Waals surface area (Å²) < 4.78 is 0. The van der Waals surface area contributed by atoms with Gasteiger partial charge in [0.25, 0.3) is 0 Å². The van der Waals surface area contributed by atoms with Crippen molar-refractivity contribution < 1.29 is 9.59 Å². The standard InChI is InChI=1S/C15H27N3O2/c1-11(2)14(19)18-9-7-13(8-10-18)17-15(20)16-12-5-3-4-6-12/h11-13H,3-10H2,1-2H3,(H2,16,17,20). The molecule has 1 heterocycles. The highest BCUT2D eigenvalue weighted by Gasteiger charge is 2.25. The summed E-state index contributed by atoms with van der Waals surface area (Å²) in [6.45, 7) is 5.38. The van der Waals surface area contributed by atoms with Crippen LogP contribution in [0.15, 0.2) is 0 Å². The Bertz CT molecular complexity index is 343. The van der Waals surface area contributed by atoms with Gasteiger partial charge in [0.05, 0.1) is 0 Å². The van der Waals surface area contributed by atoms with Gasteiger partial charge in [-0.25, -0.2) is 4.79 Å². The fourth-order valence-corrected chi connectivity index (χ4v) is 3.09. The number of amides is 3. The molecule has 2 rings (SSSR count). The number of urea groups is 1. The summed E-state index contributed by atoms with van der Waals surface area (Å²) in [6.07, 6.45) is 6.37. The lowest BCUT2D eigenvalue weighted by atomic mass is 10.0. The van der Waals surface area contributed by atoms with Crippen LogP contribution in [-0.2, 0) is 4.79 Å². The van der Waals surface area contributed by atoms with Crippen LogP contribution in [-0.4, -0.2) is 42.0 Å². The van der Waals surface area contributed by atoms with Gasteiger partial charge < -0.3 is 15.5 Å². The molecule has 114 valence electrons. The van der Waals surface area contributed by atoms with Crippen molar-refractivity contribution in [3.63, 3.8) is 0 Å². The van der Waals surface area contributed by atoms with E-state index in [4.69, 9.17) is 0 Å². The molecule has 1 aliphatic carbocycles. The Balaban J connectivity index is 1.68. The fraction of sp³-hybridized carbons (Fsp3) is 0.867. The molecule has 0 aromatic heterocycles. The van der Waals surface area contributed by atoms with Gasteiger partial charge in [0.1, 0.15) is 0 Å². The first-order valence-electron chi connectivity index (χ1n) is 7.92. The number of nitrogens with one attached hydrogen (secondary N) is 2. The predicted octanol–water partition coefficient (Wildman–Crippen LogP) is 1.88. The van der Waals surface area contributed by atoms with Crippen LogP contribution < -0.4 is 10.6 Å². The van der Waals surface area contributed by atoms with Crippen molar-refractivity contribution in [2.75, 3.05) is 13.1 Å². The molecule has 2 N–H and O–H groups in total. The molecule has 0 radical (unpaired) electrons. The first-order valence-corrected chi connectivity index (χ1v) is 7.92. The molecule has 0 bridgehead atoms. The molecular weight excluding hydrogens is 254 g/mol. The van der Waals surface area contributed by atoms with E-state index in [0.717, 1.165) is 38.8 Å². The van der Waals surface area contributed by atoms with E-state index in [9.17, 15) is 9.59 Å². The summed E-state index contributed by atoms with van der Waals surface area (Å²) in [5, 5.41) is 6.09. The van der Waals surface area contributed by atoms with Crippen LogP contribution in [0.2, 0.25) is 0 Å². The average molecular weight is 281 g/mol. The van der Waals surface area contributed by atoms with Crippen molar-refractivity contribution in [2.24, 2.45) is 5.92 Å². The van der Waals surface area contributed by atoms with E-state index in [1.54, 1.807) is 0 Å². The summed E-state index contributed by atoms with van der Waals surface area (Å²) in [6, 6.07) is 0.524. The lowest BCUT2D eigenvalue weighted by molar-refractivity contribution is -0.135. The van der Waals surface area contributed by atoms with E-state index in [0.29, 0.717) is 6.04 Å². The highest BCUT2D eigenvalue weighted by Crippen LogP contribution is 2.18. The third kappa shape index (κ3) is 4.12. The third-order valence-corrected chi connectivity index (χ3v) is 4.33. The van der Waals surface area contributed by atoms with Gasteiger partial charge in [-0.15, -0.1) is 0 Å². The maximum atomic E-state index is 11.9. The second-order valence-electron chi connectivity index (χ2n) is 6.35. The van der Waals surface area contributed by atoms with E-state index in [2.05, 4.69) is 10.6 Å². The average Bonchev–Trinajstić information content (AvgIpc) is 2.91. The Labute approximate surface area is 121 Å². The van der Waals surface area contributed by atoms with E-state index in [-0.39, 0.29) is 23.9 Å². The van der Waals surface area contributed by atoms with Crippen molar-refractivity contribution in [2.45, 2.75) is 64.5 Å². The molecule has 3 amide bonds. The molecule has 5 heteroatoms. The quantitative estimate of drug-likeness (QED) is 0.829. The molecule has 0 spiro atoms. The molecular formula is C15H27N3O2. The van der Waals surface area contributed by atoms with Gasteiger partial charge >= 0.3 is 6.03 Å². The largest absolute Gasteiger partial charge is 0.342 e. The monoisotopic (exact) mass is 281 g/mol. The van der Waals surface area contributed by atoms with Crippen molar-refractivity contribution >= 4 is 11.9 Å². The number of hydrogen-bond acceptors (Lipinski definition) is 2. The number of carbonyl (C=O) groups is 2. The van der Waals surface area contributed by atoms with Crippen molar-refractivity contribution in [3.05, 3.63) is 0 Å². The zero-order chi connectivity index (χ0) is 14.5. The second kappa shape index (κ2) is 6.95. The lowest BCUT2D eigenvalue weighted by Crippen LogP contribution is -2.51. The Morgan fingerprint density at radius 1 is 0.950 bits per heavy atom. The Morgan fingerprint density at radius 3 is 1.95 bits per heavy atom. The molecule has 1 saturated heterocycles. The Hall–Kier alpha value is -1.26. The van der Waals surface area contributed by atoms with E-state index in [1.807, 2.05) is 18.7 Å². The normalized spacial score (nSPS) is 21.2. The van der Waals surface area contributed by atoms with Crippen LogP contribution in [0.4, 0.5) is 4.79 Å². The van der Waals surface area contributed by atoms with Gasteiger partial charge in [-0.05, 0) is 25.7 Å². The first-order chi connectivity index (χ1) is 9.56. The zero-order valence-electron chi connectivity index (χ0n) is 12.7. The van der Waals surface area contributed by atoms with Gasteiger partial charge in [-0.2, -0.15) is 0 Å². The Morgan fingerprint density at radius 2 is 1.45 bits per heavy atom. The molecule has 0 aromatic carbocycles. The number of carbonyl (C=O) groups excluding carboxylic acids is 2. The van der Waals surface area contributed by atoms with E-state index < -0.39 is 0 Å². The zero-order valence-corrected chi connectivity index (χ0v) is 12.7. The smallest absolute Gasteiger partial charge is 0.315 e. The highest BCUT2D eigenvalue weighted by molar-refractivity contribution is 5.78. The topological polar surface area (TPSA) is 61.4 Å². The molecule has 2 aliphatic rings. The Kier molecular flexibility index (Phi) is 5.26. The van der Waals surface area contributed by atoms with Crippen LogP contribution in [0.5, 0.6) is 0 Å². The summed E-state index contributed by atoms with van der Waals surface area (Å²) in [7, 11) is 0. The van der Waals surface area contributed by atoms with Crippen molar-refractivity contribution in [3.8, 4) is 0 Å². The van der Waals surface area contributed by atoms with Gasteiger partial charge in [0.2, 0.25) is 5.91 Å². The summed E-state index contributed by atoms with van der Waals surface area (Å²) >= 11 is 0. The molecule has 5 nitrogen and oxygen atoms in total. The van der Waals surface area contributed by atoms with E-state index >= 15 is 0 Å². The molecule has 20 heavy (non-hydrogen) atoms. The number of hydrogen-bond donors (Lipinski definition) is 2. The van der Waals surface area contributed by atoms with Crippen LogP contribution in [0.1, 0.15) is 52.4 Å². The first kappa shape index (κ1) is 15.1. The number of likely N-dealkylation sites (tertiary alicyclic amines) is 1. The lowest BCUT2D eigenvalue weighted by Gasteiger charge is -2.33. The van der Waals surface area contributed by atoms with Gasteiger partial charge in [0, 0.05) is 31.1 Å². The summed E-state index contributed by atoms with van der Waals surface area (Å²) in [4.78, 5) is 25.7. The summed E-state index contributed by atoms with van der Waals surface area (Å²) in [5.74, 6) is 0.282. The molecule has 0 aromatic rings. The molecule has 0 unspecified atom stereocenters. The molecule has 1 saturated carbocycles. The summed E-state index contributed by atoms with van der Waals surface area (Å²) in [5.41, 5.74) is 0. The fourth-order valence-electron chi connectivity index (χ4n) is 3.09. The minimum atomic E-state index is -0.0365. The predicted molar refractivity (Wildman–Crippen MR) is 78.4 cm³/mol. The van der Waals surface area contributed by atoms with Crippen LogP contribution in [0.3, 0.4) is 0 Å². The second-order valence-corrected chi connectivity index (χ2v) is 6.35. The SMILES string of the molecule is CC(C)C(=O)N1CCC(NC(=O)NC2CCCC2)CC1. The van der Waals surface area contributed by atoms with E-state index in [1.165, 1.54) is 12.8 Å². The maximum absolute atomic E-state index is 11.9. The van der Waals surface area contributed by atoms with Crippen LogP contribution in [0, 0.1) is 5.92 Å².